The topological polar surface area (TPSA) is 101 Å². The largest absolute Gasteiger partial charge is 0.469 e. The molecule has 0 aromatic carbocycles. The Morgan fingerprint density at radius 1 is 0.889 bits per heavy atom. The van der Waals surface area contributed by atoms with Gasteiger partial charge in [0.2, 0.25) is 0 Å². The van der Waals surface area contributed by atoms with Crippen molar-refractivity contribution < 1.29 is 19.1 Å². The van der Waals surface area contributed by atoms with E-state index in [2.05, 4.69) is 21.7 Å². The zero-order valence-corrected chi connectivity index (χ0v) is 17.2. The van der Waals surface area contributed by atoms with E-state index in [1.807, 2.05) is 0 Å². The monoisotopic (exact) mass is 383 g/mol. The predicted molar refractivity (Wildman–Crippen MR) is 106 cm³/mol. The van der Waals surface area contributed by atoms with Gasteiger partial charge in [-0.3, -0.25) is 4.79 Å². The lowest BCUT2D eigenvalue weighted by atomic mass is 10.0. The number of methoxy groups -OCH3 is 1. The highest BCUT2D eigenvalue weighted by molar-refractivity contribution is 5.69. The number of hydrogen-bond acceptors (Lipinski definition) is 4. The molecule has 27 heavy (non-hydrogen) atoms. The Hall–Kier alpha value is -1.75. The molecule has 0 aliphatic carbocycles. The van der Waals surface area contributed by atoms with Crippen LogP contribution in [0, 0.1) is 0 Å². The number of rotatable bonds is 17. The fourth-order valence-electron chi connectivity index (χ4n) is 3.07. The van der Waals surface area contributed by atoms with Crippen molar-refractivity contribution in [1.29, 1.82) is 0 Å². The lowest BCUT2D eigenvalue weighted by molar-refractivity contribution is -0.140. The van der Waals surface area contributed by atoms with Gasteiger partial charge in [0.05, 0.1) is 7.11 Å². The molecule has 1 atom stereocenters. The highest BCUT2D eigenvalue weighted by atomic mass is 16.6. The second-order valence-corrected chi connectivity index (χ2v) is 6.99. The number of hydrogen-bond donors (Lipinski definition) is 0. The van der Waals surface area contributed by atoms with E-state index in [0.717, 1.165) is 57.8 Å². The van der Waals surface area contributed by atoms with Gasteiger partial charge in [-0.2, -0.15) is 0 Å². The van der Waals surface area contributed by atoms with E-state index < -0.39 is 6.09 Å². The molecule has 0 bridgehead atoms. The van der Waals surface area contributed by atoms with Gasteiger partial charge in [0.25, 0.3) is 0 Å². The second kappa shape index (κ2) is 19.0. The first-order chi connectivity index (χ1) is 13.1. The van der Waals surface area contributed by atoms with Gasteiger partial charge >= 0.3 is 12.1 Å². The standard InChI is InChI=1S/C20H37N3O4/c1-3-4-5-12-15-18(27-20(25)22-23-21)16-13-10-8-6-7-9-11-14-17-19(24)26-2/h18H,3-17H2,1-2H3. The Bertz CT molecular complexity index is 437. The number of unbranched alkanes of at least 4 members (excludes halogenated alkanes) is 10. The second-order valence-electron chi connectivity index (χ2n) is 6.99. The number of nitrogens with zero attached hydrogens (tertiary/aromatic N) is 3. The summed E-state index contributed by atoms with van der Waals surface area (Å²) in [6.07, 6.45) is 14.6. The van der Waals surface area contributed by atoms with Crippen LogP contribution in [0.2, 0.25) is 0 Å². The van der Waals surface area contributed by atoms with E-state index in [9.17, 15) is 9.59 Å². The van der Waals surface area contributed by atoms with Crippen molar-refractivity contribution in [3.05, 3.63) is 10.4 Å². The van der Waals surface area contributed by atoms with Crippen molar-refractivity contribution in [3.63, 3.8) is 0 Å². The summed E-state index contributed by atoms with van der Waals surface area (Å²) in [5.74, 6) is -0.125. The molecular weight excluding hydrogens is 346 g/mol. The third-order valence-electron chi connectivity index (χ3n) is 4.66. The fraction of sp³-hybridized carbons (Fsp3) is 0.900. The lowest BCUT2D eigenvalue weighted by Crippen LogP contribution is -2.16. The maximum atomic E-state index is 11.4. The molecule has 1 unspecified atom stereocenters. The van der Waals surface area contributed by atoms with Crippen LogP contribution in [0.5, 0.6) is 0 Å². The minimum atomic E-state index is -0.815. The van der Waals surface area contributed by atoms with Crippen molar-refractivity contribution in [1.82, 2.24) is 0 Å². The first-order valence-corrected chi connectivity index (χ1v) is 10.5. The molecule has 7 heteroatoms. The molecule has 156 valence electrons. The number of azide groups is 1. The summed E-state index contributed by atoms with van der Waals surface area (Å²) in [6.45, 7) is 2.16. The van der Waals surface area contributed by atoms with Crippen LogP contribution < -0.4 is 0 Å². The van der Waals surface area contributed by atoms with Crippen LogP contribution in [0.25, 0.3) is 10.4 Å². The molecule has 0 aromatic heterocycles. The van der Waals surface area contributed by atoms with Crippen molar-refractivity contribution in [2.45, 2.75) is 109 Å². The van der Waals surface area contributed by atoms with Gasteiger partial charge in [-0.15, -0.1) is 0 Å². The van der Waals surface area contributed by atoms with Crippen molar-refractivity contribution in [3.8, 4) is 0 Å². The summed E-state index contributed by atoms with van der Waals surface area (Å²) in [7, 11) is 1.43. The predicted octanol–water partition coefficient (Wildman–Crippen LogP) is 6.85. The van der Waals surface area contributed by atoms with Gasteiger partial charge in [-0.05, 0) is 37.6 Å². The Morgan fingerprint density at radius 2 is 1.41 bits per heavy atom. The van der Waals surface area contributed by atoms with E-state index >= 15 is 0 Å². The molecule has 0 heterocycles. The summed E-state index contributed by atoms with van der Waals surface area (Å²) in [5, 5.41) is 3.01. The lowest BCUT2D eigenvalue weighted by Gasteiger charge is -2.16. The summed E-state index contributed by atoms with van der Waals surface area (Å²) in [5.41, 5.74) is 8.32. The highest BCUT2D eigenvalue weighted by Gasteiger charge is 2.13. The van der Waals surface area contributed by atoms with Gasteiger partial charge < -0.3 is 9.47 Å². The van der Waals surface area contributed by atoms with Crippen LogP contribution in [0.3, 0.4) is 0 Å². The van der Waals surface area contributed by atoms with Crippen LogP contribution in [-0.2, 0) is 14.3 Å². The molecule has 0 radical (unpaired) electrons. The highest BCUT2D eigenvalue weighted by Crippen LogP contribution is 2.17. The van der Waals surface area contributed by atoms with Crippen LogP contribution in [-0.4, -0.2) is 25.3 Å². The van der Waals surface area contributed by atoms with E-state index in [-0.39, 0.29) is 12.1 Å². The first kappa shape index (κ1) is 25.2. The Morgan fingerprint density at radius 3 is 1.93 bits per heavy atom. The first-order valence-electron chi connectivity index (χ1n) is 10.5. The summed E-state index contributed by atoms with van der Waals surface area (Å²) < 4.78 is 9.90. The van der Waals surface area contributed by atoms with E-state index in [1.54, 1.807) is 0 Å². The minimum Gasteiger partial charge on any atom is -0.469 e. The van der Waals surface area contributed by atoms with Crippen molar-refractivity contribution >= 4 is 12.1 Å². The van der Waals surface area contributed by atoms with Gasteiger partial charge in [0, 0.05) is 16.4 Å². The average molecular weight is 384 g/mol. The molecule has 0 saturated carbocycles. The molecule has 0 aromatic rings. The van der Waals surface area contributed by atoms with Crippen LogP contribution in [0.1, 0.15) is 103 Å². The molecule has 1 amide bonds. The average Bonchev–Trinajstić information content (AvgIpc) is 2.66. The van der Waals surface area contributed by atoms with E-state index in [4.69, 9.17) is 10.3 Å². The molecule has 0 N–H and O–H groups in total. The summed E-state index contributed by atoms with van der Waals surface area (Å²) in [4.78, 5) is 24.9. The zero-order valence-electron chi connectivity index (χ0n) is 17.2. The molecule has 0 fully saturated rings. The van der Waals surface area contributed by atoms with Gasteiger partial charge in [0.1, 0.15) is 6.10 Å². The Balaban J connectivity index is 3.76. The third kappa shape index (κ3) is 17.4. The number of amides is 1. The zero-order chi connectivity index (χ0) is 20.2. The molecule has 0 rings (SSSR count). The quantitative estimate of drug-likeness (QED) is 0.0901. The van der Waals surface area contributed by atoms with E-state index in [1.165, 1.54) is 39.2 Å². The molecule has 0 aliphatic rings. The maximum Gasteiger partial charge on any atom is 0.397 e. The molecular formula is C20H37N3O4. The van der Waals surface area contributed by atoms with Crippen molar-refractivity contribution in [2.75, 3.05) is 7.11 Å². The minimum absolute atomic E-state index is 0.125. The summed E-state index contributed by atoms with van der Waals surface area (Å²) >= 11 is 0. The molecule has 7 nitrogen and oxygen atoms in total. The Labute approximate surface area is 163 Å². The molecule has 0 spiro atoms. The number of esters is 1. The fourth-order valence-corrected chi connectivity index (χ4v) is 3.07. The van der Waals surface area contributed by atoms with Gasteiger partial charge in [-0.25, -0.2) is 4.79 Å². The Kier molecular flexibility index (Phi) is 17.8. The van der Waals surface area contributed by atoms with Crippen molar-refractivity contribution in [2.24, 2.45) is 5.11 Å². The van der Waals surface area contributed by atoms with Crippen LogP contribution in [0.4, 0.5) is 4.79 Å². The number of carbonyl (C=O) groups is 2. The smallest absolute Gasteiger partial charge is 0.397 e. The molecule has 0 saturated heterocycles. The summed E-state index contributed by atoms with van der Waals surface area (Å²) in [6, 6.07) is 0. The van der Waals surface area contributed by atoms with Crippen LogP contribution >= 0.6 is 0 Å². The number of ether oxygens (including phenoxy) is 2. The van der Waals surface area contributed by atoms with Crippen LogP contribution in [0.15, 0.2) is 5.11 Å². The van der Waals surface area contributed by atoms with Gasteiger partial charge in [-0.1, -0.05) is 64.7 Å². The SMILES string of the molecule is CCCCCCC(CCCCCCCCCCC(=O)OC)OC(=O)N=[N+]=[N-]. The van der Waals surface area contributed by atoms with Gasteiger partial charge in [0.15, 0.2) is 0 Å². The number of carbonyl (C=O) groups excluding carboxylic acids is 2. The maximum absolute atomic E-state index is 11.4. The third-order valence-corrected chi connectivity index (χ3v) is 4.66. The van der Waals surface area contributed by atoms with E-state index in [0.29, 0.717) is 6.42 Å². The normalized spacial score (nSPS) is 11.5. The molecule has 0 aliphatic heterocycles.